The average Bonchev–Trinajstić information content (AvgIpc) is 2.71. The highest BCUT2D eigenvalue weighted by Gasteiger charge is 2.15. The maximum absolute atomic E-state index is 12.1. The molecule has 7 heteroatoms. The van der Waals surface area contributed by atoms with Gasteiger partial charge in [0.15, 0.2) is 6.61 Å². The van der Waals surface area contributed by atoms with Crippen LogP contribution in [0.15, 0.2) is 54.1 Å². The van der Waals surface area contributed by atoms with E-state index >= 15 is 0 Å². The van der Waals surface area contributed by atoms with Crippen LogP contribution in [0, 0.1) is 11.3 Å². The molecule has 0 aromatic heterocycles. The summed E-state index contributed by atoms with van der Waals surface area (Å²) in [5.74, 6) is -0.685. The van der Waals surface area contributed by atoms with Gasteiger partial charge in [0.05, 0.1) is 13.2 Å². The fraction of sp³-hybridized carbons (Fsp3) is 0.190. The van der Waals surface area contributed by atoms with E-state index in [2.05, 4.69) is 5.32 Å². The Morgan fingerprint density at radius 3 is 2.39 bits per heavy atom. The van der Waals surface area contributed by atoms with Gasteiger partial charge in [0, 0.05) is 5.02 Å². The van der Waals surface area contributed by atoms with Crippen LogP contribution in [0.1, 0.15) is 24.1 Å². The van der Waals surface area contributed by atoms with Gasteiger partial charge in [-0.15, -0.1) is 0 Å². The molecule has 2 aromatic carbocycles. The minimum absolute atomic E-state index is 0.205. The Labute approximate surface area is 168 Å². The van der Waals surface area contributed by atoms with E-state index in [1.54, 1.807) is 68.6 Å². The number of esters is 1. The van der Waals surface area contributed by atoms with Gasteiger partial charge in [-0.2, -0.15) is 5.26 Å². The molecule has 0 heterocycles. The number of methoxy groups -OCH3 is 1. The molecule has 0 saturated heterocycles. The summed E-state index contributed by atoms with van der Waals surface area (Å²) in [5, 5.41) is 12.5. The summed E-state index contributed by atoms with van der Waals surface area (Å²) < 4.78 is 10.00. The van der Waals surface area contributed by atoms with Crippen LogP contribution in [0.2, 0.25) is 5.02 Å². The fourth-order valence-electron chi connectivity index (χ4n) is 2.33. The van der Waals surface area contributed by atoms with Crippen LogP contribution in [0.3, 0.4) is 0 Å². The number of rotatable bonds is 7. The molecule has 1 atom stereocenters. The number of nitrogens with one attached hydrogen (secondary N) is 1. The summed E-state index contributed by atoms with van der Waals surface area (Å²) in [6.45, 7) is 1.31. The monoisotopic (exact) mass is 398 g/mol. The zero-order valence-electron chi connectivity index (χ0n) is 15.4. The fourth-order valence-corrected chi connectivity index (χ4v) is 2.46. The van der Waals surface area contributed by atoms with Crippen LogP contribution in [0.25, 0.3) is 6.08 Å². The van der Waals surface area contributed by atoms with Gasteiger partial charge >= 0.3 is 5.97 Å². The Bertz CT molecular complexity index is 899. The number of hydrogen-bond donors (Lipinski definition) is 1. The van der Waals surface area contributed by atoms with Gasteiger partial charge in [0.25, 0.3) is 5.91 Å². The number of nitrogens with zero attached hydrogens (tertiary/aromatic N) is 1. The van der Waals surface area contributed by atoms with Gasteiger partial charge in [-0.3, -0.25) is 4.79 Å². The van der Waals surface area contributed by atoms with Gasteiger partial charge < -0.3 is 14.8 Å². The molecular weight excluding hydrogens is 380 g/mol. The Hall–Kier alpha value is -3.30. The number of hydrogen-bond acceptors (Lipinski definition) is 5. The van der Waals surface area contributed by atoms with Gasteiger partial charge in [0.2, 0.25) is 0 Å². The van der Waals surface area contributed by atoms with Crippen LogP contribution >= 0.6 is 11.6 Å². The summed E-state index contributed by atoms with van der Waals surface area (Å²) in [6, 6.07) is 15.4. The molecule has 28 heavy (non-hydrogen) atoms. The van der Waals surface area contributed by atoms with Gasteiger partial charge in [-0.05, 0) is 48.4 Å². The first kappa shape index (κ1) is 21.0. The highest BCUT2D eigenvalue weighted by atomic mass is 35.5. The third-order valence-corrected chi connectivity index (χ3v) is 4.10. The van der Waals surface area contributed by atoms with Crippen LogP contribution in [-0.4, -0.2) is 25.6 Å². The Balaban J connectivity index is 1.91. The zero-order chi connectivity index (χ0) is 20.5. The van der Waals surface area contributed by atoms with Crippen molar-refractivity contribution >= 4 is 29.6 Å². The maximum Gasteiger partial charge on any atom is 0.349 e. The van der Waals surface area contributed by atoms with Crippen molar-refractivity contribution in [3.8, 4) is 11.8 Å². The number of amides is 1. The second kappa shape index (κ2) is 10.1. The molecule has 0 spiro atoms. The zero-order valence-corrected chi connectivity index (χ0v) is 16.2. The molecule has 6 nitrogen and oxygen atoms in total. The molecule has 0 bridgehead atoms. The summed E-state index contributed by atoms with van der Waals surface area (Å²) >= 11 is 5.84. The minimum atomic E-state index is -0.868. The van der Waals surface area contributed by atoms with E-state index in [0.29, 0.717) is 16.3 Å². The minimum Gasteiger partial charge on any atom is -0.497 e. The Morgan fingerprint density at radius 1 is 1.18 bits per heavy atom. The average molecular weight is 399 g/mol. The van der Waals surface area contributed by atoms with Crippen LogP contribution < -0.4 is 10.1 Å². The summed E-state index contributed by atoms with van der Waals surface area (Å²) in [7, 11) is 1.54. The topological polar surface area (TPSA) is 88.4 Å². The van der Waals surface area contributed by atoms with Crippen molar-refractivity contribution in [3.63, 3.8) is 0 Å². The molecule has 0 aliphatic carbocycles. The maximum atomic E-state index is 12.1. The molecule has 0 radical (unpaired) electrons. The highest BCUT2D eigenvalue weighted by molar-refractivity contribution is 6.30. The quantitative estimate of drug-likeness (QED) is 0.436. The predicted molar refractivity (Wildman–Crippen MR) is 106 cm³/mol. The molecular formula is C21H19ClN2O4. The van der Waals surface area contributed by atoms with Crippen LogP contribution in [-0.2, 0) is 14.3 Å². The van der Waals surface area contributed by atoms with Crippen molar-refractivity contribution in [2.75, 3.05) is 13.7 Å². The lowest BCUT2D eigenvalue weighted by Crippen LogP contribution is -2.31. The first-order valence-electron chi connectivity index (χ1n) is 8.40. The molecule has 1 amide bonds. The lowest BCUT2D eigenvalue weighted by atomic mass is 10.1. The third-order valence-electron chi connectivity index (χ3n) is 3.85. The molecule has 0 saturated carbocycles. The Morgan fingerprint density at radius 2 is 1.82 bits per heavy atom. The number of nitriles is 1. The lowest BCUT2D eigenvalue weighted by molar-refractivity contribution is -0.144. The van der Waals surface area contributed by atoms with E-state index in [1.807, 2.05) is 0 Å². The van der Waals surface area contributed by atoms with E-state index in [4.69, 9.17) is 21.1 Å². The normalized spacial score (nSPS) is 11.9. The van der Waals surface area contributed by atoms with Crippen molar-refractivity contribution in [2.45, 2.75) is 13.0 Å². The second-order valence-electron chi connectivity index (χ2n) is 5.86. The second-order valence-corrected chi connectivity index (χ2v) is 6.30. The largest absolute Gasteiger partial charge is 0.497 e. The van der Waals surface area contributed by atoms with Crippen LogP contribution in [0.5, 0.6) is 5.75 Å². The van der Waals surface area contributed by atoms with E-state index < -0.39 is 18.5 Å². The van der Waals surface area contributed by atoms with Gasteiger partial charge in [0.1, 0.15) is 17.4 Å². The number of benzene rings is 2. The number of carbonyl (C=O) groups is 2. The summed E-state index contributed by atoms with van der Waals surface area (Å²) in [6.07, 6.45) is 1.38. The van der Waals surface area contributed by atoms with E-state index in [-0.39, 0.29) is 11.6 Å². The smallest absolute Gasteiger partial charge is 0.349 e. The van der Waals surface area contributed by atoms with Crippen molar-refractivity contribution in [3.05, 3.63) is 70.3 Å². The third kappa shape index (κ3) is 6.15. The summed E-state index contributed by atoms with van der Waals surface area (Å²) in [4.78, 5) is 24.1. The summed E-state index contributed by atoms with van der Waals surface area (Å²) in [5.41, 5.74) is 1.29. The highest BCUT2D eigenvalue weighted by Crippen LogP contribution is 2.16. The van der Waals surface area contributed by atoms with Crippen molar-refractivity contribution in [1.29, 1.82) is 5.26 Å². The van der Waals surface area contributed by atoms with Crippen molar-refractivity contribution < 1.29 is 19.1 Å². The standard InChI is InChI=1S/C21H19ClN2O4/c1-14(16-5-7-18(22)8-6-16)24-20(25)13-28-21(26)17(12-23)11-15-3-9-19(27-2)10-4-15/h3-11,14H,13H2,1-2H3,(H,24,25)/b17-11+/t14-/m0/s1. The first-order valence-corrected chi connectivity index (χ1v) is 8.78. The van der Waals surface area contributed by atoms with Crippen LogP contribution in [0.4, 0.5) is 0 Å². The van der Waals surface area contributed by atoms with E-state index in [1.165, 1.54) is 6.08 Å². The van der Waals surface area contributed by atoms with Crippen molar-refractivity contribution in [2.24, 2.45) is 0 Å². The molecule has 2 rings (SSSR count). The Kier molecular flexibility index (Phi) is 7.61. The van der Waals surface area contributed by atoms with Gasteiger partial charge in [-0.1, -0.05) is 35.9 Å². The number of ether oxygens (including phenoxy) is 2. The molecule has 2 aromatic rings. The molecule has 0 unspecified atom stereocenters. The first-order chi connectivity index (χ1) is 13.4. The van der Waals surface area contributed by atoms with E-state index in [9.17, 15) is 14.9 Å². The number of carbonyl (C=O) groups excluding carboxylic acids is 2. The lowest BCUT2D eigenvalue weighted by Gasteiger charge is -2.14. The molecule has 144 valence electrons. The van der Waals surface area contributed by atoms with Crippen molar-refractivity contribution in [1.82, 2.24) is 5.32 Å². The predicted octanol–water partition coefficient (Wildman–Crippen LogP) is 3.68. The molecule has 0 aliphatic heterocycles. The molecule has 0 aliphatic rings. The number of halogens is 1. The van der Waals surface area contributed by atoms with E-state index in [0.717, 1.165) is 5.56 Å². The van der Waals surface area contributed by atoms with Gasteiger partial charge in [-0.25, -0.2) is 4.79 Å². The SMILES string of the molecule is COc1ccc(/C=C(\C#N)C(=O)OCC(=O)N[C@@H](C)c2ccc(Cl)cc2)cc1. The molecule has 0 fully saturated rings. The molecule has 1 N–H and O–H groups in total.